The van der Waals surface area contributed by atoms with Crippen LogP contribution >= 0.6 is 0 Å². The Morgan fingerprint density at radius 3 is 1.04 bits per heavy atom. The molecule has 1 rings (SSSR count). The van der Waals surface area contributed by atoms with Gasteiger partial charge in [0.05, 0.1) is 19.8 Å². The Labute approximate surface area is 145 Å². The molecule has 0 amide bonds. The molecular weight excluding hydrogens is 306 g/mol. The Morgan fingerprint density at radius 1 is 0.583 bits per heavy atom. The van der Waals surface area contributed by atoms with Crippen molar-refractivity contribution in [2.24, 2.45) is 0 Å². The minimum absolute atomic E-state index is 0.154. The molecule has 3 N–H and O–H groups in total. The lowest BCUT2D eigenvalue weighted by Gasteiger charge is -2.21. The van der Waals surface area contributed by atoms with E-state index in [9.17, 15) is 0 Å². The zero-order valence-corrected chi connectivity index (χ0v) is 15.3. The van der Waals surface area contributed by atoms with E-state index in [-0.39, 0.29) is 19.8 Å². The fourth-order valence-corrected chi connectivity index (χ4v) is 2.80. The highest BCUT2D eigenvalue weighted by Crippen LogP contribution is 2.15. The summed E-state index contributed by atoms with van der Waals surface area (Å²) in [6.45, 7) is 4.76. The van der Waals surface area contributed by atoms with Crippen LogP contribution in [0.2, 0.25) is 0 Å². The number of aliphatic hydroxyl groups excluding tert-OH is 3. The van der Waals surface area contributed by atoms with Crippen molar-refractivity contribution < 1.29 is 15.3 Å². The van der Waals surface area contributed by atoms with E-state index in [0.29, 0.717) is 19.6 Å². The van der Waals surface area contributed by atoms with Crippen molar-refractivity contribution in [3.8, 4) is 0 Å². The van der Waals surface area contributed by atoms with Crippen LogP contribution in [0.1, 0.15) is 16.7 Å². The molecule has 0 aliphatic rings. The van der Waals surface area contributed by atoms with Crippen molar-refractivity contribution in [3.05, 3.63) is 34.9 Å². The molecule has 0 fully saturated rings. The minimum Gasteiger partial charge on any atom is -0.395 e. The summed E-state index contributed by atoms with van der Waals surface area (Å²) >= 11 is 0. The fraction of sp³-hybridized carbons (Fsp3) is 0.667. The zero-order chi connectivity index (χ0) is 17.9. The molecule has 0 unspecified atom stereocenters. The molecule has 0 aromatic heterocycles. The van der Waals surface area contributed by atoms with Gasteiger partial charge in [-0.05, 0) is 37.8 Å². The van der Waals surface area contributed by atoms with Crippen LogP contribution in [0.15, 0.2) is 18.2 Å². The number of likely N-dealkylation sites (N-methyl/N-ethyl adjacent to an activating group) is 3. The van der Waals surface area contributed by atoms with Gasteiger partial charge in [-0.3, -0.25) is 14.7 Å². The monoisotopic (exact) mass is 339 g/mol. The van der Waals surface area contributed by atoms with Gasteiger partial charge in [-0.25, -0.2) is 0 Å². The molecule has 0 atom stereocenters. The van der Waals surface area contributed by atoms with Crippen LogP contribution in [0.4, 0.5) is 0 Å². The van der Waals surface area contributed by atoms with E-state index < -0.39 is 0 Å². The van der Waals surface area contributed by atoms with E-state index in [4.69, 9.17) is 15.3 Å². The Bertz CT molecular complexity index is 392. The zero-order valence-electron chi connectivity index (χ0n) is 15.3. The van der Waals surface area contributed by atoms with Crippen LogP contribution in [0.5, 0.6) is 0 Å². The lowest BCUT2D eigenvalue weighted by Crippen LogP contribution is -2.24. The molecule has 0 bridgehead atoms. The van der Waals surface area contributed by atoms with E-state index in [1.54, 1.807) is 0 Å². The molecule has 0 saturated carbocycles. The molecular formula is C18H33N3O3. The molecule has 0 saturated heterocycles. The quantitative estimate of drug-likeness (QED) is 0.496. The maximum Gasteiger partial charge on any atom is 0.0558 e. The average Bonchev–Trinajstić information content (AvgIpc) is 2.47. The highest BCUT2D eigenvalue weighted by Gasteiger charge is 2.08. The van der Waals surface area contributed by atoms with Gasteiger partial charge in [-0.2, -0.15) is 0 Å². The summed E-state index contributed by atoms with van der Waals surface area (Å²) in [7, 11) is 6.00. The third-order valence-corrected chi connectivity index (χ3v) is 3.92. The molecule has 0 radical (unpaired) electrons. The molecule has 24 heavy (non-hydrogen) atoms. The van der Waals surface area contributed by atoms with Crippen LogP contribution in [-0.2, 0) is 19.6 Å². The highest BCUT2D eigenvalue weighted by atomic mass is 16.3. The van der Waals surface area contributed by atoms with Crippen LogP contribution in [0.25, 0.3) is 0 Å². The van der Waals surface area contributed by atoms with Gasteiger partial charge in [0.25, 0.3) is 0 Å². The van der Waals surface area contributed by atoms with Crippen molar-refractivity contribution in [1.82, 2.24) is 14.7 Å². The highest BCUT2D eigenvalue weighted by molar-refractivity contribution is 5.30. The van der Waals surface area contributed by atoms with Crippen LogP contribution < -0.4 is 0 Å². The first-order chi connectivity index (χ1) is 11.5. The van der Waals surface area contributed by atoms with Gasteiger partial charge in [0.2, 0.25) is 0 Å². The number of aliphatic hydroxyl groups is 3. The summed E-state index contributed by atoms with van der Waals surface area (Å²) in [6.07, 6.45) is 0. The molecule has 0 heterocycles. The molecule has 0 spiro atoms. The normalized spacial score (nSPS) is 11.9. The molecule has 0 aliphatic heterocycles. The Balaban J connectivity index is 2.91. The number of rotatable bonds is 12. The summed E-state index contributed by atoms with van der Waals surface area (Å²) in [4.78, 5) is 6.29. The summed E-state index contributed by atoms with van der Waals surface area (Å²) in [6, 6.07) is 6.58. The Hall–Kier alpha value is -1.02. The lowest BCUT2D eigenvalue weighted by molar-refractivity contribution is 0.214. The second-order valence-electron chi connectivity index (χ2n) is 6.54. The van der Waals surface area contributed by atoms with E-state index in [1.165, 1.54) is 16.7 Å². The van der Waals surface area contributed by atoms with Crippen molar-refractivity contribution in [2.75, 3.05) is 60.6 Å². The smallest absolute Gasteiger partial charge is 0.0558 e. The van der Waals surface area contributed by atoms with Crippen molar-refractivity contribution >= 4 is 0 Å². The second kappa shape index (κ2) is 11.5. The Morgan fingerprint density at radius 2 is 0.833 bits per heavy atom. The third-order valence-electron chi connectivity index (χ3n) is 3.92. The van der Waals surface area contributed by atoms with Crippen molar-refractivity contribution in [3.63, 3.8) is 0 Å². The standard InChI is InChI=1S/C18H33N3O3/c1-19(4-7-22)13-16-10-17(14-20(2)5-8-23)12-18(11-16)15-21(3)6-9-24/h10-12,22-24H,4-9,13-15H2,1-3H3. The molecule has 1 aromatic rings. The third kappa shape index (κ3) is 8.19. The number of benzene rings is 1. The number of hydrogen-bond acceptors (Lipinski definition) is 6. The van der Waals surface area contributed by atoms with Gasteiger partial charge in [-0.15, -0.1) is 0 Å². The SMILES string of the molecule is CN(CCO)Cc1cc(CN(C)CCO)cc(CN(C)CCO)c1. The second-order valence-corrected chi connectivity index (χ2v) is 6.54. The molecule has 1 aromatic carbocycles. The predicted octanol–water partition coefficient (Wildman–Crippen LogP) is -0.0411. The van der Waals surface area contributed by atoms with Crippen LogP contribution in [0.3, 0.4) is 0 Å². The first-order valence-electron chi connectivity index (χ1n) is 8.48. The summed E-state index contributed by atoms with van der Waals surface area (Å²) in [5.41, 5.74) is 3.65. The fourth-order valence-electron chi connectivity index (χ4n) is 2.80. The molecule has 0 aliphatic carbocycles. The average molecular weight is 339 g/mol. The molecule has 138 valence electrons. The van der Waals surface area contributed by atoms with Gasteiger partial charge in [0, 0.05) is 39.3 Å². The minimum atomic E-state index is 0.154. The van der Waals surface area contributed by atoms with E-state index >= 15 is 0 Å². The van der Waals surface area contributed by atoms with Crippen molar-refractivity contribution in [2.45, 2.75) is 19.6 Å². The van der Waals surface area contributed by atoms with E-state index in [0.717, 1.165) is 19.6 Å². The van der Waals surface area contributed by atoms with E-state index in [2.05, 4.69) is 32.9 Å². The number of hydrogen-bond donors (Lipinski definition) is 3. The summed E-state index contributed by atoms with van der Waals surface area (Å²) < 4.78 is 0. The summed E-state index contributed by atoms with van der Waals surface area (Å²) in [5.74, 6) is 0. The van der Waals surface area contributed by atoms with Gasteiger partial charge < -0.3 is 15.3 Å². The lowest BCUT2D eigenvalue weighted by atomic mass is 10.0. The molecule has 6 heteroatoms. The van der Waals surface area contributed by atoms with Gasteiger partial charge in [0.1, 0.15) is 0 Å². The van der Waals surface area contributed by atoms with Gasteiger partial charge >= 0.3 is 0 Å². The maximum atomic E-state index is 9.08. The number of nitrogens with zero attached hydrogens (tertiary/aromatic N) is 3. The first kappa shape index (κ1) is 21.0. The molecule has 6 nitrogen and oxygen atoms in total. The topological polar surface area (TPSA) is 70.4 Å². The first-order valence-corrected chi connectivity index (χ1v) is 8.48. The van der Waals surface area contributed by atoms with Gasteiger partial charge in [-0.1, -0.05) is 18.2 Å². The van der Waals surface area contributed by atoms with E-state index in [1.807, 2.05) is 21.1 Å². The Kier molecular flexibility index (Phi) is 10.1. The maximum absolute atomic E-state index is 9.08. The van der Waals surface area contributed by atoms with Crippen LogP contribution in [0, 0.1) is 0 Å². The largest absolute Gasteiger partial charge is 0.395 e. The van der Waals surface area contributed by atoms with Crippen LogP contribution in [-0.4, -0.2) is 90.6 Å². The van der Waals surface area contributed by atoms with Crippen molar-refractivity contribution in [1.29, 1.82) is 0 Å². The van der Waals surface area contributed by atoms with Gasteiger partial charge in [0.15, 0.2) is 0 Å². The summed E-state index contributed by atoms with van der Waals surface area (Å²) in [5, 5.41) is 27.2. The predicted molar refractivity (Wildman–Crippen MR) is 96.7 cm³/mol.